The van der Waals surface area contributed by atoms with E-state index in [0.717, 1.165) is 12.0 Å². The SMILES string of the molecule is CCNC(=NCc1noc(C)n1)N1CCN(c2cccc(C(F)(F)F)c2)CC1.I. The largest absolute Gasteiger partial charge is 0.416 e. The maximum absolute atomic E-state index is 12.9. The Morgan fingerprint density at radius 1 is 1.24 bits per heavy atom. The third-order valence-electron chi connectivity index (χ3n) is 4.39. The van der Waals surface area contributed by atoms with E-state index in [4.69, 9.17) is 4.52 Å². The molecule has 160 valence electrons. The van der Waals surface area contributed by atoms with Crippen LogP contribution >= 0.6 is 24.0 Å². The minimum absolute atomic E-state index is 0. The van der Waals surface area contributed by atoms with Crippen LogP contribution in [0.5, 0.6) is 0 Å². The average molecular weight is 524 g/mol. The first-order valence-electron chi connectivity index (χ1n) is 9.11. The number of nitrogens with zero attached hydrogens (tertiary/aromatic N) is 5. The Morgan fingerprint density at radius 3 is 2.55 bits per heavy atom. The summed E-state index contributed by atoms with van der Waals surface area (Å²) in [4.78, 5) is 12.7. The van der Waals surface area contributed by atoms with Crippen molar-refractivity contribution >= 4 is 35.6 Å². The molecule has 0 aliphatic carbocycles. The lowest BCUT2D eigenvalue weighted by Crippen LogP contribution is -2.52. The molecule has 2 heterocycles. The predicted molar refractivity (Wildman–Crippen MR) is 114 cm³/mol. The summed E-state index contributed by atoms with van der Waals surface area (Å²) in [6.45, 7) is 7.21. The number of aryl methyl sites for hydroxylation is 1. The molecule has 1 aliphatic heterocycles. The molecule has 7 nitrogen and oxygen atoms in total. The Labute approximate surface area is 184 Å². The zero-order chi connectivity index (χ0) is 20.1. The van der Waals surface area contributed by atoms with E-state index in [1.165, 1.54) is 12.1 Å². The molecule has 0 saturated carbocycles. The van der Waals surface area contributed by atoms with Crippen LogP contribution < -0.4 is 10.2 Å². The lowest BCUT2D eigenvalue weighted by atomic mass is 10.1. The first-order chi connectivity index (χ1) is 13.4. The van der Waals surface area contributed by atoms with Crippen molar-refractivity contribution in [2.24, 2.45) is 4.99 Å². The monoisotopic (exact) mass is 524 g/mol. The molecule has 0 radical (unpaired) electrons. The highest BCUT2D eigenvalue weighted by atomic mass is 127. The maximum Gasteiger partial charge on any atom is 0.416 e. The van der Waals surface area contributed by atoms with E-state index >= 15 is 0 Å². The quantitative estimate of drug-likeness (QED) is 0.376. The van der Waals surface area contributed by atoms with Crippen molar-refractivity contribution in [1.29, 1.82) is 0 Å². The molecular formula is C18H24F3IN6O. The second-order valence-corrected chi connectivity index (χ2v) is 6.42. The zero-order valence-electron chi connectivity index (χ0n) is 16.2. The average Bonchev–Trinajstić information content (AvgIpc) is 3.10. The summed E-state index contributed by atoms with van der Waals surface area (Å²) in [5.41, 5.74) is -0.0450. The van der Waals surface area contributed by atoms with Crippen molar-refractivity contribution in [1.82, 2.24) is 20.4 Å². The molecule has 1 aromatic carbocycles. The van der Waals surface area contributed by atoms with Gasteiger partial charge in [0.15, 0.2) is 11.8 Å². The molecule has 1 aliphatic rings. The van der Waals surface area contributed by atoms with Gasteiger partial charge in [-0.1, -0.05) is 11.2 Å². The van der Waals surface area contributed by atoms with Crippen LogP contribution in [-0.4, -0.2) is 53.7 Å². The Balaban J connectivity index is 0.00000300. The highest BCUT2D eigenvalue weighted by Crippen LogP contribution is 2.31. The lowest BCUT2D eigenvalue weighted by molar-refractivity contribution is -0.137. The number of rotatable bonds is 4. The lowest BCUT2D eigenvalue weighted by Gasteiger charge is -2.37. The van der Waals surface area contributed by atoms with E-state index < -0.39 is 11.7 Å². The molecule has 0 bridgehead atoms. The molecule has 0 spiro atoms. The molecule has 11 heteroatoms. The maximum atomic E-state index is 12.9. The molecule has 1 fully saturated rings. The van der Waals surface area contributed by atoms with Crippen molar-refractivity contribution in [2.45, 2.75) is 26.6 Å². The normalized spacial score (nSPS) is 15.3. The molecule has 2 aromatic rings. The Morgan fingerprint density at radius 2 is 1.97 bits per heavy atom. The van der Waals surface area contributed by atoms with Gasteiger partial charge in [0.1, 0.15) is 6.54 Å². The fourth-order valence-electron chi connectivity index (χ4n) is 3.03. The molecule has 1 saturated heterocycles. The number of hydrogen-bond acceptors (Lipinski definition) is 5. The van der Waals surface area contributed by atoms with Gasteiger partial charge in [-0.25, -0.2) is 4.99 Å². The fraction of sp³-hybridized carbons (Fsp3) is 0.500. The van der Waals surface area contributed by atoms with Gasteiger partial charge in [0.05, 0.1) is 5.56 Å². The van der Waals surface area contributed by atoms with E-state index in [9.17, 15) is 13.2 Å². The van der Waals surface area contributed by atoms with Crippen molar-refractivity contribution in [3.63, 3.8) is 0 Å². The van der Waals surface area contributed by atoms with E-state index in [2.05, 4.69) is 25.3 Å². The standard InChI is InChI=1S/C18H23F3N6O.HI/c1-3-22-17(23-12-16-24-13(2)28-25-16)27-9-7-26(8-10-27)15-6-4-5-14(11-15)18(19,20)21;/h4-6,11H,3,7-10,12H2,1-2H3,(H,22,23);1H. The van der Waals surface area contributed by atoms with Crippen molar-refractivity contribution < 1.29 is 17.7 Å². The smallest absolute Gasteiger partial charge is 0.368 e. The first-order valence-corrected chi connectivity index (χ1v) is 9.11. The van der Waals surface area contributed by atoms with Crippen molar-refractivity contribution in [2.75, 3.05) is 37.6 Å². The number of guanidine groups is 1. The number of aromatic nitrogens is 2. The minimum Gasteiger partial charge on any atom is -0.368 e. The number of alkyl halides is 3. The topological polar surface area (TPSA) is 69.8 Å². The first kappa shape index (κ1) is 23.2. The van der Waals surface area contributed by atoms with E-state index in [0.29, 0.717) is 56.7 Å². The number of hydrogen-bond donors (Lipinski definition) is 1. The Hall–Kier alpha value is -2.05. The molecular weight excluding hydrogens is 500 g/mol. The molecule has 3 rings (SSSR count). The summed E-state index contributed by atoms with van der Waals surface area (Å²) in [6, 6.07) is 5.45. The predicted octanol–water partition coefficient (Wildman–Crippen LogP) is 3.30. The van der Waals surface area contributed by atoms with Gasteiger partial charge >= 0.3 is 6.18 Å². The number of nitrogens with one attached hydrogen (secondary N) is 1. The van der Waals surface area contributed by atoms with Crippen LogP contribution in [-0.2, 0) is 12.7 Å². The molecule has 0 amide bonds. The van der Waals surface area contributed by atoms with Crippen molar-refractivity contribution in [3.8, 4) is 0 Å². The molecule has 1 aromatic heterocycles. The fourth-order valence-corrected chi connectivity index (χ4v) is 3.03. The van der Waals surface area contributed by atoms with E-state index in [1.807, 2.05) is 11.8 Å². The third-order valence-corrected chi connectivity index (χ3v) is 4.39. The summed E-state index contributed by atoms with van der Waals surface area (Å²) >= 11 is 0. The van der Waals surface area contributed by atoms with Gasteiger partial charge in [-0.3, -0.25) is 0 Å². The van der Waals surface area contributed by atoms with Gasteiger partial charge in [0.2, 0.25) is 5.89 Å². The molecule has 0 atom stereocenters. The van der Waals surface area contributed by atoms with E-state index in [1.54, 1.807) is 13.0 Å². The van der Waals surface area contributed by atoms with Crippen LogP contribution in [0.15, 0.2) is 33.8 Å². The van der Waals surface area contributed by atoms with Gasteiger partial charge in [0, 0.05) is 45.3 Å². The summed E-state index contributed by atoms with van der Waals surface area (Å²) in [5, 5.41) is 7.07. The number of piperazine rings is 1. The van der Waals surface area contributed by atoms with Crippen LogP contribution in [0.25, 0.3) is 0 Å². The Bertz CT molecular complexity index is 818. The van der Waals surface area contributed by atoms with Crippen LogP contribution in [0, 0.1) is 6.92 Å². The van der Waals surface area contributed by atoms with Gasteiger partial charge in [-0.15, -0.1) is 24.0 Å². The number of aliphatic imine (C=N–C) groups is 1. The number of halogens is 4. The number of benzene rings is 1. The van der Waals surface area contributed by atoms with Crippen LogP contribution in [0.3, 0.4) is 0 Å². The van der Waals surface area contributed by atoms with Gasteiger partial charge in [-0.05, 0) is 25.1 Å². The second-order valence-electron chi connectivity index (χ2n) is 6.42. The summed E-state index contributed by atoms with van der Waals surface area (Å²) in [6.07, 6.45) is -4.34. The van der Waals surface area contributed by atoms with E-state index in [-0.39, 0.29) is 24.0 Å². The van der Waals surface area contributed by atoms with Gasteiger partial charge in [0.25, 0.3) is 0 Å². The minimum atomic E-state index is -4.34. The highest BCUT2D eigenvalue weighted by Gasteiger charge is 2.31. The van der Waals surface area contributed by atoms with Crippen molar-refractivity contribution in [3.05, 3.63) is 41.5 Å². The summed E-state index contributed by atoms with van der Waals surface area (Å²) in [5.74, 6) is 1.73. The molecule has 1 N–H and O–H groups in total. The summed E-state index contributed by atoms with van der Waals surface area (Å²) in [7, 11) is 0. The number of anilines is 1. The van der Waals surface area contributed by atoms with Gasteiger partial charge in [-0.2, -0.15) is 18.2 Å². The van der Waals surface area contributed by atoms with Crippen LogP contribution in [0.4, 0.5) is 18.9 Å². The van der Waals surface area contributed by atoms with Crippen LogP contribution in [0.1, 0.15) is 24.2 Å². The molecule has 0 unspecified atom stereocenters. The third kappa shape index (κ3) is 6.21. The molecule has 29 heavy (non-hydrogen) atoms. The van der Waals surface area contributed by atoms with Gasteiger partial charge < -0.3 is 19.6 Å². The highest BCUT2D eigenvalue weighted by molar-refractivity contribution is 14.0. The van der Waals surface area contributed by atoms with Crippen LogP contribution in [0.2, 0.25) is 0 Å². The summed E-state index contributed by atoms with van der Waals surface area (Å²) < 4.78 is 43.8. The second kappa shape index (κ2) is 10.1. The zero-order valence-corrected chi connectivity index (χ0v) is 18.6. The Kier molecular flexibility index (Phi) is 8.11.